The summed E-state index contributed by atoms with van der Waals surface area (Å²) in [7, 11) is -4.24. The minimum atomic E-state index is -4.24. The molecule has 0 spiro atoms. The zero-order chi connectivity index (χ0) is 18.0. The van der Waals surface area contributed by atoms with E-state index in [9.17, 15) is 13.2 Å². The smallest absolute Gasteiger partial charge is 0.285 e. The van der Waals surface area contributed by atoms with Crippen LogP contribution in [-0.4, -0.2) is 23.9 Å². The van der Waals surface area contributed by atoms with Crippen LogP contribution in [0.2, 0.25) is 10.0 Å². The van der Waals surface area contributed by atoms with E-state index in [-0.39, 0.29) is 20.6 Å². The zero-order valence-electron chi connectivity index (χ0n) is 12.6. The van der Waals surface area contributed by atoms with E-state index in [1.165, 1.54) is 30.7 Å². The van der Waals surface area contributed by atoms with Gasteiger partial charge in [-0.05, 0) is 24.3 Å². The molecule has 0 radical (unpaired) electrons. The van der Waals surface area contributed by atoms with Crippen LogP contribution in [0.1, 0.15) is 10.5 Å². The molecule has 6 nitrogen and oxygen atoms in total. The Morgan fingerprint density at radius 3 is 2.28 bits per heavy atom. The highest BCUT2D eigenvalue weighted by molar-refractivity contribution is 7.90. The number of nitrogens with zero attached hydrogens (tertiary/aromatic N) is 2. The van der Waals surface area contributed by atoms with Gasteiger partial charge < -0.3 is 4.57 Å². The van der Waals surface area contributed by atoms with Crippen LogP contribution in [0.4, 0.5) is 0 Å². The van der Waals surface area contributed by atoms with Crippen LogP contribution in [0.25, 0.3) is 5.69 Å². The zero-order valence-corrected chi connectivity index (χ0v) is 14.9. The monoisotopic (exact) mass is 395 g/mol. The summed E-state index contributed by atoms with van der Waals surface area (Å²) in [6, 6.07) is 13.4. The van der Waals surface area contributed by atoms with Gasteiger partial charge in [-0.25, -0.2) is 18.1 Å². The molecule has 0 aliphatic carbocycles. The molecular weight excluding hydrogens is 385 g/mol. The molecule has 128 valence electrons. The molecule has 0 fully saturated rings. The first kappa shape index (κ1) is 17.5. The van der Waals surface area contributed by atoms with Crippen molar-refractivity contribution in [1.82, 2.24) is 14.3 Å². The molecule has 1 N–H and O–H groups in total. The van der Waals surface area contributed by atoms with Gasteiger partial charge in [0.15, 0.2) is 0 Å². The molecule has 0 aliphatic heterocycles. The molecule has 3 rings (SSSR count). The molecule has 9 heteroatoms. The summed E-state index contributed by atoms with van der Waals surface area (Å²) in [5.74, 6) is -0.884. The molecular formula is C16H11Cl2N3O3S. The summed E-state index contributed by atoms with van der Waals surface area (Å²) >= 11 is 11.8. The Morgan fingerprint density at radius 1 is 1.00 bits per heavy atom. The number of carbonyl (C=O) groups excluding carboxylic acids is 1. The lowest BCUT2D eigenvalue weighted by atomic mass is 10.3. The van der Waals surface area contributed by atoms with Crippen molar-refractivity contribution in [3.63, 3.8) is 0 Å². The number of hydrogen-bond acceptors (Lipinski definition) is 4. The molecule has 1 amide bonds. The SMILES string of the molecule is O=C(NS(=O)(=O)c1c(Cl)cccc1Cl)c1cn(-c2ccccc2)cn1. The Kier molecular flexibility index (Phi) is 4.80. The quantitative estimate of drug-likeness (QED) is 0.734. The Bertz CT molecular complexity index is 1010. The van der Waals surface area contributed by atoms with Crippen molar-refractivity contribution in [3.05, 3.63) is 76.8 Å². The summed E-state index contributed by atoms with van der Waals surface area (Å²) in [6.07, 6.45) is 2.84. The summed E-state index contributed by atoms with van der Waals surface area (Å²) in [6.45, 7) is 0. The summed E-state index contributed by atoms with van der Waals surface area (Å²) in [5.41, 5.74) is 0.724. The number of sulfonamides is 1. The van der Waals surface area contributed by atoms with Gasteiger partial charge >= 0.3 is 0 Å². The Hall–Kier alpha value is -2.35. The van der Waals surface area contributed by atoms with Gasteiger partial charge in [-0.1, -0.05) is 47.5 Å². The number of imidazole rings is 1. The number of rotatable bonds is 4. The number of benzene rings is 2. The third kappa shape index (κ3) is 3.68. The van der Waals surface area contributed by atoms with Gasteiger partial charge in [0.05, 0.1) is 10.0 Å². The van der Waals surface area contributed by atoms with E-state index < -0.39 is 15.9 Å². The van der Waals surface area contributed by atoms with Gasteiger partial charge in [0.2, 0.25) is 0 Å². The van der Waals surface area contributed by atoms with Crippen LogP contribution in [0.5, 0.6) is 0 Å². The van der Waals surface area contributed by atoms with E-state index in [1.807, 2.05) is 35.1 Å². The van der Waals surface area contributed by atoms with Crippen LogP contribution >= 0.6 is 23.2 Å². The fraction of sp³-hybridized carbons (Fsp3) is 0. The molecule has 1 heterocycles. The molecule has 0 aliphatic rings. The van der Waals surface area contributed by atoms with Gasteiger partial charge in [0.1, 0.15) is 16.9 Å². The summed E-state index contributed by atoms with van der Waals surface area (Å²) in [4.78, 5) is 15.8. The number of hydrogen-bond donors (Lipinski definition) is 1. The maximum absolute atomic E-state index is 12.4. The third-order valence-electron chi connectivity index (χ3n) is 3.28. The highest BCUT2D eigenvalue weighted by atomic mass is 35.5. The van der Waals surface area contributed by atoms with Gasteiger partial charge in [0.25, 0.3) is 15.9 Å². The van der Waals surface area contributed by atoms with Gasteiger partial charge in [0, 0.05) is 11.9 Å². The fourth-order valence-corrected chi connectivity index (χ4v) is 4.25. The lowest BCUT2D eigenvalue weighted by Gasteiger charge is -2.08. The van der Waals surface area contributed by atoms with E-state index in [2.05, 4.69) is 4.98 Å². The molecule has 0 unspecified atom stereocenters. The van der Waals surface area contributed by atoms with Crippen molar-refractivity contribution in [1.29, 1.82) is 0 Å². The summed E-state index contributed by atoms with van der Waals surface area (Å²) < 4.78 is 28.3. The number of nitrogens with one attached hydrogen (secondary N) is 1. The highest BCUT2D eigenvalue weighted by Gasteiger charge is 2.25. The van der Waals surface area contributed by atoms with Gasteiger partial charge in [-0.15, -0.1) is 0 Å². The van der Waals surface area contributed by atoms with E-state index in [1.54, 1.807) is 4.57 Å². The maximum atomic E-state index is 12.4. The molecule has 25 heavy (non-hydrogen) atoms. The van der Waals surface area contributed by atoms with Crippen molar-refractivity contribution in [2.45, 2.75) is 4.90 Å². The second-order valence-corrected chi connectivity index (χ2v) is 7.42. The first-order chi connectivity index (χ1) is 11.9. The van der Waals surface area contributed by atoms with E-state index in [4.69, 9.17) is 23.2 Å². The minimum Gasteiger partial charge on any atom is -0.305 e. The normalized spacial score (nSPS) is 11.3. The average molecular weight is 396 g/mol. The fourth-order valence-electron chi connectivity index (χ4n) is 2.15. The molecule has 2 aromatic carbocycles. The first-order valence-corrected chi connectivity index (χ1v) is 9.23. The van der Waals surface area contributed by atoms with Crippen molar-refractivity contribution in [3.8, 4) is 5.69 Å². The second-order valence-electron chi connectivity index (χ2n) is 4.99. The number of para-hydroxylation sites is 1. The minimum absolute atomic E-state index is 0.0596. The third-order valence-corrected chi connectivity index (χ3v) is 5.57. The lowest BCUT2D eigenvalue weighted by Crippen LogP contribution is -2.31. The molecule has 0 saturated carbocycles. The maximum Gasteiger partial charge on any atom is 0.285 e. The van der Waals surface area contributed by atoms with E-state index >= 15 is 0 Å². The molecule has 0 bridgehead atoms. The number of aromatic nitrogens is 2. The van der Waals surface area contributed by atoms with Crippen LogP contribution in [0, 0.1) is 0 Å². The van der Waals surface area contributed by atoms with Gasteiger partial charge in [-0.3, -0.25) is 4.79 Å². The van der Waals surface area contributed by atoms with Crippen LogP contribution in [-0.2, 0) is 10.0 Å². The van der Waals surface area contributed by atoms with E-state index in [0.29, 0.717) is 0 Å². The van der Waals surface area contributed by atoms with Crippen LogP contribution in [0.15, 0.2) is 66.0 Å². The summed E-state index contributed by atoms with van der Waals surface area (Å²) in [5, 5.41) is -0.162. The number of amides is 1. The average Bonchev–Trinajstić information content (AvgIpc) is 3.05. The predicted octanol–water partition coefficient (Wildman–Crippen LogP) is 3.30. The van der Waals surface area contributed by atoms with Crippen molar-refractivity contribution >= 4 is 39.1 Å². The molecule has 1 aromatic heterocycles. The van der Waals surface area contributed by atoms with Crippen molar-refractivity contribution in [2.75, 3.05) is 0 Å². The standard InChI is InChI=1S/C16H11Cl2N3O3S/c17-12-7-4-8-13(18)15(12)25(23,24)20-16(22)14-9-21(10-19-14)11-5-2-1-3-6-11/h1-10H,(H,20,22). The molecule has 3 aromatic rings. The van der Waals surface area contributed by atoms with Crippen molar-refractivity contribution < 1.29 is 13.2 Å². The first-order valence-electron chi connectivity index (χ1n) is 6.99. The Morgan fingerprint density at radius 2 is 1.64 bits per heavy atom. The lowest BCUT2D eigenvalue weighted by molar-refractivity contribution is 0.0977. The van der Waals surface area contributed by atoms with Crippen LogP contribution < -0.4 is 4.72 Å². The predicted molar refractivity (Wildman–Crippen MR) is 94.7 cm³/mol. The molecule has 0 atom stereocenters. The Labute approximate surface area is 154 Å². The van der Waals surface area contributed by atoms with Crippen LogP contribution in [0.3, 0.4) is 0 Å². The number of halogens is 2. The second kappa shape index (κ2) is 6.87. The number of carbonyl (C=O) groups is 1. The highest BCUT2D eigenvalue weighted by Crippen LogP contribution is 2.28. The topological polar surface area (TPSA) is 81.1 Å². The van der Waals surface area contributed by atoms with Crippen molar-refractivity contribution in [2.24, 2.45) is 0 Å². The largest absolute Gasteiger partial charge is 0.305 e. The molecule has 0 saturated heterocycles. The van der Waals surface area contributed by atoms with E-state index in [0.717, 1.165) is 5.69 Å². The van der Waals surface area contributed by atoms with Gasteiger partial charge in [-0.2, -0.15) is 0 Å². The Balaban J connectivity index is 1.87.